The number of benzene rings is 1. The second-order valence-corrected chi connectivity index (χ2v) is 9.31. The van der Waals surface area contributed by atoms with Gasteiger partial charge in [-0.05, 0) is 29.8 Å². The number of carbonyl (C=O) groups excluding carboxylic acids is 3. The summed E-state index contributed by atoms with van der Waals surface area (Å²) in [7, 11) is 0. The summed E-state index contributed by atoms with van der Waals surface area (Å²) < 4.78 is 0. The largest absolute Gasteiger partial charge is 0.351 e. The minimum atomic E-state index is -3.07. The number of urea groups is 1. The fourth-order valence-electron chi connectivity index (χ4n) is 3.42. The van der Waals surface area contributed by atoms with E-state index in [0.717, 1.165) is 16.4 Å². The number of hydrazone groups is 1. The van der Waals surface area contributed by atoms with Crippen molar-refractivity contribution in [3.63, 3.8) is 0 Å². The molecule has 5 N–H and O–H groups in total. The standard InChI is InChI=1S/C23H26N8O5.C2H6/c1-22(2,3)17-10-15(26-21(34)27-18-8-9-24-13-25-18)12-30(28-17)16-6-4-14(5-7-16)11-31-20(33)23(35,36)19(32)29-31;1-2/h4-10,13,35-36H,11-12H2,1-3H3,(H,29,32)(H2,24,25,26,27,34);1-2H3. The highest BCUT2D eigenvalue weighted by Crippen LogP contribution is 2.26. The molecule has 0 aliphatic carbocycles. The first-order valence-corrected chi connectivity index (χ1v) is 12.0. The van der Waals surface area contributed by atoms with Gasteiger partial charge in [-0.1, -0.05) is 46.8 Å². The van der Waals surface area contributed by atoms with E-state index in [1.165, 1.54) is 12.5 Å². The van der Waals surface area contributed by atoms with Crippen LogP contribution in [0, 0.1) is 5.41 Å². The predicted octanol–water partition coefficient (Wildman–Crippen LogP) is 1.48. The maximum absolute atomic E-state index is 12.5. The summed E-state index contributed by atoms with van der Waals surface area (Å²) in [4.78, 5) is 43.8. The number of carbonyl (C=O) groups is 3. The zero-order valence-corrected chi connectivity index (χ0v) is 21.9. The van der Waals surface area contributed by atoms with E-state index >= 15 is 0 Å². The van der Waals surface area contributed by atoms with Crippen LogP contribution in [0.2, 0.25) is 0 Å². The number of allylic oxidation sites excluding steroid dienone is 1. The maximum Gasteiger partial charge on any atom is 0.330 e. The average Bonchev–Trinajstić information content (AvgIpc) is 3.07. The van der Waals surface area contributed by atoms with Gasteiger partial charge in [-0.15, -0.1) is 0 Å². The summed E-state index contributed by atoms with van der Waals surface area (Å²) >= 11 is 0. The molecule has 4 amide bonds. The van der Waals surface area contributed by atoms with Gasteiger partial charge in [-0.3, -0.25) is 25.3 Å². The lowest BCUT2D eigenvalue weighted by molar-refractivity contribution is -0.186. The minimum Gasteiger partial charge on any atom is -0.351 e. The van der Waals surface area contributed by atoms with Gasteiger partial charge in [-0.2, -0.15) is 5.10 Å². The van der Waals surface area contributed by atoms with E-state index in [0.29, 0.717) is 17.1 Å². The summed E-state index contributed by atoms with van der Waals surface area (Å²) in [6.45, 7) is 10.3. The molecule has 2 aromatic rings. The van der Waals surface area contributed by atoms with Crippen molar-refractivity contribution in [1.82, 2.24) is 25.7 Å². The summed E-state index contributed by atoms with van der Waals surface area (Å²) in [5, 5.41) is 31.9. The smallest absolute Gasteiger partial charge is 0.330 e. The number of hydrogen-bond acceptors (Lipinski definition) is 9. The van der Waals surface area contributed by atoms with Crippen LogP contribution >= 0.6 is 0 Å². The molecule has 1 aromatic heterocycles. The monoisotopic (exact) mass is 524 g/mol. The molecule has 0 atom stereocenters. The number of amides is 4. The summed E-state index contributed by atoms with van der Waals surface area (Å²) in [5.74, 6) is -5.05. The number of nitrogens with one attached hydrogen (secondary N) is 3. The van der Waals surface area contributed by atoms with Crippen molar-refractivity contribution in [3.05, 3.63) is 60.2 Å². The number of hydrazine groups is 1. The minimum absolute atomic E-state index is 0.0554. The number of hydrogen-bond donors (Lipinski definition) is 5. The third-order valence-electron chi connectivity index (χ3n) is 5.40. The molecular formula is C25H32N8O5. The van der Waals surface area contributed by atoms with Crippen molar-refractivity contribution in [2.45, 2.75) is 47.0 Å². The van der Waals surface area contributed by atoms with E-state index in [1.54, 1.807) is 35.3 Å². The Morgan fingerprint density at radius 1 is 1.11 bits per heavy atom. The number of anilines is 2. The molecule has 1 fully saturated rings. The lowest BCUT2D eigenvalue weighted by atomic mass is 9.89. The highest BCUT2D eigenvalue weighted by molar-refractivity contribution is 6.10. The van der Waals surface area contributed by atoms with Gasteiger partial charge in [0.1, 0.15) is 12.1 Å². The third-order valence-corrected chi connectivity index (χ3v) is 5.40. The Morgan fingerprint density at radius 3 is 2.34 bits per heavy atom. The Balaban J connectivity index is 0.00000195. The molecule has 202 valence electrons. The van der Waals surface area contributed by atoms with Gasteiger partial charge < -0.3 is 15.5 Å². The normalized spacial score (nSPS) is 16.6. The number of aromatic nitrogens is 2. The van der Waals surface area contributed by atoms with Crippen LogP contribution in [0.15, 0.2) is 59.7 Å². The van der Waals surface area contributed by atoms with Crippen LogP contribution in [-0.2, 0) is 16.1 Å². The molecule has 38 heavy (non-hydrogen) atoms. The van der Waals surface area contributed by atoms with E-state index in [4.69, 9.17) is 5.10 Å². The first-order chi connectivity index (χ1) is 17.9. The topological polar surface area (TPSA) is 172 Å². The Kier molecular flexibility index (Phi) is 8.43. The van der Waals surface area contributed by atoms with Crippen molar-refractivity contribution in [1.29, 1.82) is 0 Å². The van der Waals surface area contributed by atoms with Crippen LogP contribution in [0.3, 0.4) is 0 Å². The van der Waals surface area contributed by atoms with E-state index in [9.17, 15) is 24.6 Å². The zero-order valence-electron chi connectivity index (χ0n) is 21.9. The second kappa shape index (κ2) is 11.4. The van der Waals surface area contributed by atoms with Crippen LogP contribution in [0.25, 0.3) is 0 Å². The highest BCUT2D eigenvalue weighted by Gasteiger charge is 2.52. The Labute approximate surface area is 220 Å². The molecule has 0 saturated carbocycles. The van der Waals surface area contributed by atoms with Crippen LogP contribution in [-0.4, -0.2) is 61.1 Å². The van der Waals surface area contributed by atoms with Gasteiger partial charge in [0.25, 0.3) is 0 Å². The SMILES string of the molecule is CC.CC(C)(C)C1=NN(c2ccc(CN3NC(=O)C(O)(O)C3=O)cc2)CC(NC(=O)Nc2ccncn2)=C1. The van der Waals surface area contributed by atoms with Crippen molar-refractivity contribution >= 4 is 35.1 Å². The summed E-state index contributed by atoms with van der Waals surface area (Å²) in [6.07, 6.45) is 4.70. The number of nitrogens with zero attached hydrogens (tertiary/aromatic N) is 5. The van der Waals surface area contributed by atoms with Crippen LogP contribution in [0.4, 0.5) is 16.3 Å². The van der Waals surface area contributed by atoms with Gasteiger partial charge in [0.15, 0.2) is 0 Å². The number of rotatable bonds is 5. The van der Waals surface area contributed by atoms with E-state index in [-0.39, 0.29) is 18.5 Å². The quantitative estimate of drug-likeness (QED) is 0.289. The Bertz CT molecular complexity index is 1240. The first-order valence-electron chi connectivity index (χ1n) is 12.0. The van der Waals surface area contributed by atoms with Crippen LogP contribution < -0.4 is 21.1 Å². The molecular weight excluding hydrogens is 492 g/mol. The van der Waals surface area contributed by atoms with E-state index in [1.807, 2.05) is 40.7 Å². The first kappa shape index (κ1) is 28.2. The van der Waals surface area contributed by atoms with Crippen molar-refractivity contribution in [2.24, 2.45) is 10.5 Å². The van der Waals surface area contributed by atoms with Crippen LogP contribution in [0.1, 0.15) is 40.2 Å². The lowest BCUT2D eigenvalue weighted by Gasteiger charge is -2.30. The third kappa shape index (κ3) is 6.49. The molecule has 0 spiro atoms. The molecule has 13 heteroatoms. The van der Waals surface area contributed by atoms with Gasteiger partial charge in [0.2, 0.25) is 0 Å². The molecule has 13 nitrogen and oxygen atoms in total. The highest BCUT2D eigenvalue weighted by atomic mass is 16.5. The van der Waals surface area contributed by atoms with E-state index in [2.05, 4.69) is 26.0 Å². The average molecular weight is 525 g/mol. The van der Waals surface area contributed by atoms with Gasteiger partial charge in [0.05, 0.1) is 24.5 Å². The Morgan fingerprint density at radius 2 is 1.79 bits per heavy atom. The van der Waals surface area contributed by atoms with Crippen LogP contribution in [0.5, 0.6) is 0 Å². The van der Waals surface area contributed by atoms with Gasteiger partial charge in [-0.25, -0.2) is 19.8 Å². The van der Waals surface area contributed by atoms with Crippen molar-refractivity contribution in [3.8, 4) is 0 Å². The van der Waals surface area contributed by atoms with Crippen molar-refractivity contribution in [2.75, 3.05) is 16.9 Å². The molecule has 0 radical (unpaired) electrons. The molecule has 4 rings (SSSR count). The molecule has 2 aliphatic heterocycles. The summed E-state index contributed by atoms with van der Waals surface area (Å²) in [5.41, 5.74) is 4.57. The summed E-state index contributed by atoms with van der Waals surface area (Å²) in [6, 6.07) is 8.12. The van der Waals surface area contributed by atoms with E-state index < -0.39 is 23.6 Å². The molecule has 0 unspecified atom stereocenters. The predicted molar refractivity (Wildman–Crippen MR) is 140 cm³/mol. The zero-order chi connectivity index (χ0) is 28.1. The second-order valence-electron chi connectivity index (χ2n) is 9.31. The lowest BCUT2D eigenvalue weighted by Crippen LogP contribution is -2.43. The Hall–Kier alpha value is -4.36. The van der Waals surface area contributed by atoms with Crippen molar-refractivity contribution < 1.29 is 24.6 Å². The van der Waals surface area contributed by atoms with Gasteiger partial charge in [0, 0.05) is 17.3 Å². The molecule has 2 aliphatic rings. The number of aliphatic hydroxyl groups is 2. The molecule has 1 aromatic carbocycles. The molecule has 3 heterocycles. The molecule has 1 saturated heterocycles. The fraction of sp³-hybridized carbons (Fsp3) is 0.360. The molecule has 0 bridgehead atoms. The van der Waals surface area contributed by atoms with Gasteiger partial charge >= 0.3 is 23.6 Å². The maximum atomic E-state index is 12.5. The fourth-order valence-corrected chi connectivity index (χ4v) is 3.42.